The average molecular weight is 203 g/mol. The Morgan fingerprint density at radius 2 is 2.07 bits per heavy atom. The van der Waals surface area contributed by atoms with Crippen molar-refractivity contribution in [2.45, 2.75) is 25.8 Å². The van der Waals surface area contributed by atoms with E-state index in [-0.39, 0.29) is 0 Å². The minimum absolute atomic E-state index is 0.655. The lowest BCUT2D eigenvalue weighted by atomic mass is 10.0. The Labute approximate surface area is 90.9 Å². The van der Waals surface area contributed by atoms with Gasteiger partial charge in [0, 0.05) is 19.5 Å². The van der Waals surface area contributed by atoms with Gasteiger partial charge in [-0.1, -0.05) is 24.3 Å². The Morgan fingerprint density at radius 3 is 2.87 bits per heavy atom. The van der Waals surface area contributed by atoms with Crippen LogP contribution in [0.3, 0.4) is 0 Å². The Balaban J connectivity index is 2.07. The molecule has 0 atom stereocenters. The van der Waals surface area contributed by atoms with E-state index in [1.807, 2.05) is 0 Å². The van der Waals surface area contributed by atoms with Crippen LogP contribution in [-0.4, -0.2) is 24.3 Å². The van der Waals surface area contributed by atoms with E-state index in [0.29, 0.717) is 6.42 Å². The minimum Gasteiger partial charge on any atom is -0.303 e. The number of hydrogen-bond donors (Lipinski definition) is 0. The van der Waals surface area contributed by atoms with Crippen molar-refractivity contribution in [3.8, 4) is 0 Å². The maximum atomic E-state index is 10.4. The van der Waals surface area contributed by atoms with Gasteiger partial charge in [-0.25, -0.2) is 0 Å². The molecule has 1 aromatic carbocycles. The lowest BCUT2D eigenvalue weighted by Gasteiger charge is -2.18. The van der Waals surface area contributed by atoms with Gasteiger partial charge in [-0.3, -0.25) is 4.90 Å². The molecule has 2 nitrogen and oxygen atoms in total. The van der Waals surface area contributed by atoms with Gasteiger partial charge in [0.25, 0.3) is 0 Å². The standard InChI is InChI=1S/C13H17NO/c15-10-4-9-14-8-3-7-12-5-1-2-6-13(12)11-14/h1-2,5-6,10H,3-4,7-9,11H2. The number of nitrogens with zero attached hydrogens (tertiary/aromatic N) is 1. The largest absolute Gasteiger partial charge is 0.303 e. The number of carbonyl (C=O) groups is 1. The van der Waals surface area contributed by atoms with Crippen molar-refractivity contribution in [3.63, 3.8) is 0 Å². The van der Waals surface area contributed by atoms with Crippen LogP contribution in [0.2, 0.25) is 0 Å². The molecule has 0 amide bonds. The first-order valence-corrected chi connectivity index (χ1v) is 5.63. The quantitative estimate of drug-likeness (QED) is 0.700. The fraction of sp³-hybridized carbons (Fsp3) is 0.462. The molecule has 0 aliphatic carbocycles. The molecule has 1 aromatic rings. The van der Waals surface area contributed by atoms with Gasteiger partial charge in [0.15, 0.2) is 0 Å². The van der Waals surface area contributed by atoms with Crippen LogP contribution in [0.4, 0.5) is 0 Å². The zero-order valence-corrected chi connectivity index (χ0v) is 8.98. The number of benzene rings is 1. The predicted molar refractivity (Wildman–Crippen MR) is 60.7 cm³/mol. The van der Waals surface area contributed by atoms with Crippen molar-refractivity contribution < 1.29 is 4.79 Å². The van der Waals surface area contributed by atoms with Gasteiger partial charge in [0.1, 0.15) is 6.29 Å². The normalized spacial score (nSPS) is 16.8. The summed E-state index contributed by atoms with van der Waals surface area (Å²) in [5, 5.41) is 0. The van der Waals surface area contributed by atoms with Crippen LogP contribution in [0.5, 0.6) is 0 Å². The van der Waals surface area contributed by atoms with Gasteiger partial charge in [0.05, 0.1) is 0 Å². The third-order valence-corrected chi connectivity index (χ3v) is 3.00. The van der Waals surface area contributed by atoms with E-state index in [1.54, 1.807) is 0 Å². The van der Waals surface area contributed by atoms with E-state index in [9.17, 15) is 4.79 Å². The maximum Gasteiger partial charge on any atom is 0.121 e. The molecule has 0 spiro atoms. The summed E-state index contributed by atoms with van der Waals surface area (Å²) < 4.78 is 0. The number of fused-ring (bicyclic) bond motifs is 1. The summed E-state index contributed by atoms with van der Waals surface area (Å²) in [6, 6.07) is 8.63. The van der Waals surface area contributed by atoms with Crippen molar-refractivity contribution in [2.24, 2.45) is 0 Å². The van der Waals surface area contributed by atoms with E-state index >= 15 is 0 Å². The molecule has 0 saturated carbocycles. The highest BCUT2D eigenvalue weighted by atomic mass is 16.1. The topological polar surface area (TPSA) is 20.3 Å². The highest BCUT2D eigenvalue weighted by Gasteiger charge is 2.12. The minimum atomic E-state index is 0.655. The molecule has 0 aromatic heterocycles. The van der Waals surface area contributed by atoms with Gasteiger partial charge in [-0.05, 0) is 30.5 Å². The second-order valence-electron chi connectivity index (χ2n) is 4.10. The summed E-state index contributed by atoms with van der Waals surface area (Å²) in [6.07, 6.45) is 4.04. The number of aldehydes is 1. The summed E-state index contributed by atoms with van der Waals surface area (Å²) in [4.78, 5) is 12.7. The molecular weight excluding hydrogens is 186 g/mol. The third kappa shape index (κ3) is 2.66. The third-order valence-electron chi connectivity index (χ3n) is 3.00. The van der Waals surface area contributed by atoms with Gasteiger partial charge in [-0.2, -0.15) is 0 Å². The van der Waals surface area contributed by atoms with Crippen LogP contribution in [0, 0.1) is 0 Å². The zero-order valence-electron chi connectivity index (χ0n) is 8.98. The predicted octanol–water partition coefficient (Wildman–Crippen LogP) is 2.02. The van der Waals surface area contributed by atoms with Crippen LogP contribution >= 0.6 is 0 Å². The molecule has 0 bridgehead atoms. The van der Waals surface area contributed by atoms with E-state index < -0.39 is 0 Å². The Bertz CT molecular complexity index is 335. The highest BCUT2D eigenvalue weighted by Crippen LogP contribution is 2.18. The molecule has 2 rings (SSSR count). The van der Waals surface area contributed by atoms with Crippen molar-refractivity contribution >= 4 is 6.29 Å². The lowest BCUT2D eigenvalue weighted by Crippen LogP contribution is -2.24. The fourth-order valence-corrected chi connectivity index (χ4v) is 2.19. The molecule has 1 aliphatic heterocycles. The molecule has 80 valence electrons. The van der Waals surface area contributed by atoms with Gasteiger partial charge < -0.3 is 4.79 Å². The second kappa shape index (κ2) is 5.08. The van der Waals surface area contributed by atoms with Crippen LogP contribution in [0.15, 0.2) is 24.3 Å². The number of hydrogen-bond acceptors (Lipinski definition) is 2. The summed E-state index contributed by atoms with van der Waals surface area (Å²) in [6.45, 7) is 3.02. The monoisotopic (exact) mass is 203 g/mol. The summed E-state index contributed by atoms with van der Waals surface area (Å²) in [7, 11) is 0. The van der Waals surface area contributed by atoms with Crippen molar-refractivity contribution in [3.05, 3.63) is 35.4 Å². The smallest absolute Gasteiger partial charge is 0.121 e. The summed E-state index contributed by atoms with van der Waals surface area (Å²) in [5.41, 5.74) is 2.91. The molecule has 0 radical (unpaired) electrons. The van der Waals surface area contributed by atoms with Gasteiger partial charge in [0.2, 0.25) is 0 Å². The first-order chi connectivity index (χ1) is 7.40. The van der Waals surface area contributed by atoms with Crippen molar-refractivity contribution in [1.82, 2.24) is 4.90 Å². The molecule has 15 heavy (non-hydrogen) atoms. The lowest BCUT2D eigenvalue weighted by molar-refractivity contribution is -0.108. The maximum absolute atomic E-state index is 10.4. The molecule has 0 fully saturated rings. The fourth-order valence-electron chi connectivity index (χ4n) is 2.19. The number of aryl methyl sites for hydroxylation is 1. The van der Waals surface area contributed by atoms with Crippen LogP contribution < -0.4 is 0 Å². The molecule has 0 saturated heterocycles. The SMILES string of the molecule is O=CCCN1CCCc2ccccc2C1. The first kappa shape index (κ1) is 10.4. The van der Waals surface area contributed by atoms with E-state index in [2.05, 4.69) is 29.2 Å². The molecule has 0 N–H and O–H groups in total. The van der Waals surface area contributed by atoms with Crippen molar-refractivity contribution in [1.29, 1.82) is 0 Å². The number of carbonyl (C=O) groups excluding carboxylic acids is 1. The number of rotatable bonds is 3. The molecular formula is C13H17NO. The van der Waals surface area contributed by atoms with Crippen LogP contribution in [-0.2, 0) is 17.8 Å². The Kier molecular flexibility index (Phi) is 3.51. The highest BCUT2D eigenvalue weighted by molar-refractivity contribution is 5.49. The van der Waals surface area contributed by atoms with Crippen LogP contribution in [0.1, 0.15) is 24.0 Å². The molecule has 0 unspecified atom stereocenters. The Hall–Kier alpha value is -1.15. The second-order valence-corrected chi connectivity index (χ2v) is 4.10. The molecule has 2 heteroatoms. The summed E-state index contributed by atoms with van der Waals surface area (Å²) in [5.74, 6) is 0. The van der Waals surface area contributed by atoms with E-state index in [4.69, 9.17) is 0 Å². The van der Waals surface area contributed by atoms with Gasteiger partial charge in [-0.15, -0.1) is 0 Å². The van der Waals surface area contributed by atoms with Crippen LogP contribution in [0.25, 0.3) is 0 Å². The van der Waals surface area contributed by atoms with Gasteiger partial charge >= 0.3 is 0 Å². The Morgan fingerprint density at radius 1 is 1.27 bits per heavy atom. The zero-order chi connectivity index (χ0) is 10.5. The first-order valence-electron chi connectivity index (χ1n) is 5.63. The molecule has 1 heterocycles. The molecule has 1 aliphatic rings. The van der Waals surface area contributed by atoms with E-state index in [0.717, 1.165) is 25.9 Å². The van der Waals surface area contributed by atoms with E-state index in [1.165, 1.54) is 24.0 Å². The van der Waals surface area contributed by atoms with Crippen molar-refractivity contribution in [2.75, 3.05) is 13.1 Å². The average Bonchev–Trinajstić information content (AvgIpc) is 2.47. The summed E-state index contributed by atoms with van der Waals surface area (Å²) >= 11 is 0.